The summed E-state index contributed by atoms with van der Waals surface area (Å²) >= 11 is 0. The number of H-pyrrole nitrogens is 1. The molecule has 5 heteroatoms. The van der Waals surface area contributed by atoms with Gasteiger partial charge >= 0.3 is 0 Å². The number of nitrogens with one attached hydrogen (secondary N) is 3. The molecule has 0 unspecified atom stereocenters. The van der Waals surface area contributed by atoms with E-state index in [4.69, 9.17) is 0 Å². The van der Waals surface area contributed by atoms with E-state index in [9.17, 15) is 4.79 Å². The van der Waals surface area contributed by atoms with E-state index in [1.807, 2.05) is 6.92 Å². The fourth-order valence-corrected chi connectivity index (χ4v) is 1.10. The summed E-state index contributed by atoms with van der Waals surface area (Å²) in [5.41, 5.74) is 2.07. The van der Waals surface area contributed by atoms with Gasteiger partial charge in [0.15, 0.2) is 0 Å². The van der Waals surface area contributed by atoms with Crippen LogP contribution in [-0.4, -0.2) is 29.5 Å². The van der Waals surface area contributed by atoms with Gasteiger partial charge in [0, 0.05) is 32.3 Å². The average Bonchev–Trinajstić information content (AvgIpc) is 2.58. The molecule has 0 aromatic carbocycles. The molecule has 5 nitrogen and oxygen atoms in total. The van der Waals surface area contributed by atoms with Gasteiger partial charge in [0.2, 0.25) is 5.91 Å². The first-order chi connectivity index (χ1) is 6.74. The van der Waals surface area contributed by atoms with E-state index < -0.39 is 0 Å². The summed E-state index contributed by atoms with van der Waals surface area (Å²) in [7, 11) is 1.64. The van der Waals surface area contributed by atoms with Gasteiger partial charge < -0.3 is 15.6 Å². The van der Waals surface area contributed by atoms with E-state index in [2.05, 4.69) is 20.6 Å². The summed E-state index contributed by atoms with van der Waals surface area (Å²) in [4.78, 5) is 18.0. The zero-order chi connectivity index (χ0) is 10.4. The second kappa shape index (κ2) is 5.39. The minimum absolute atomic E-state index is 0.0521. The molecule has 0 atom stereocenters. The van der Waals surface area contributed by atoms with Gasteiger partial charge in [-0.05, 0) is 6.92 Å². The number of rotatable bonds is 5. The Hall–Kier alpha value is -1.36. The highest BCUT2D eigenvalue weighted by atomic mass is 16.1. The molecule has 0 aliphatic carbocycles. The number of carbonyl (C=O) groups excluding carboxylic acids is 1. The smallest absolute Gasteiger partial charge is 0.221 e. The number of amides is 1. The molecule has 78 valence electrons. The lowest BCUT2D eigenvalue weighted by atomic mass is 10.3. The maximum absolute atomic E-state index is 10.9. The fourth-order valence-electron chi connectivity index (χ4n) is 1.10. The third kappa shape index (κ3) is 3.18. The lowest BCUT2D eigenvalue weighted by Gasteiger charge is -2.02. The van der Waals surface area contributed by atoms with Crippen LogP contribution >= 0.6 is 0 Å². The molecule has 1 rings (SSSR count). The minimum atomic E-state index is 0.0521. The zero-order valence-corrected chi connectivity index (χ0v) is 8.55. The Kier molecular flexibility index (Phi) is 4.12. The van der Waals surface area contributed by atoms with Crippen molar-refractivity contribution >= 4 is 5.91 Å². The van der Waals surface area contributed by atoms with Gasteiger partial charge in [-0.1, -0.05) is 0 Å². The Morgan fingerprint density at radius 2 is 2.43 bits per heavy atom. The van der Waals surface area contributed by atoms with Crippen LogP contribution in [0.5, 0.6) is 0 Å². The highest BCUT2D eigenvalue weighted by molar-refractivity contribution is 5.75. The van der Waals surface area contributed by atoms with Gasteiger partial charge in [-0.2, -0.15) is 0 Å². The second-order valence-electron chi connectivity index (χ2n) is 3.07. The highest BCUT2D eigenvalue weighted by Gasteiger charge is 2.00. The SMILES string of the molecule is CNC(=O)CCNCc1nc[nH]c1C. The van der Waals surface area contributed by atoms with Gasteiger partial charge in [-0.25, -0.2) is 4.98 Å². The van der Waals surface area contributed by atoms with E-state index in [1.54, 1.807) is 13.4 Å². The summed E-state index contributed by atoms with van der Waals surface area (Å²) < 4.78 is 0. The normalized spacial score (nSPS) is 10.1. The molecule has 0 saturated heterocycles. The number of aromatic nitrogens is 2. The lowest BCUT2D eigenvalue weighted by molar-refractivity contribution is -0.120. The molecule has 1 aromatic heterocycles. The molecule has 0 aliphatic rings. The monoisotopic (exact) mass is 196 g/mol. The van der Waals surface area contributed by atoms with Gasteiger partial charge in [0.25, 0.3) is 0 Å². The lowest BCUT2D eigenvalue weighted by Crippen LogP contribution is -2.24. The fraction of sp³-hybridized carbons (Fsp3) is 0.556. The molecule has 0 spiro atoms. The van der Waals surface area contributed by atoms with E-state index >= 15 is 0 Å². The molecule has 1 amide bonds. The van der Waals surface area contributed by atoms with Crippen molar-refractivity contribution in [2.75, 3.05) is 13.6 Å². The Balaban J connectivity index is 2.16. The first-order valence-corrected chi connectivity index (χ1v) is 4.64. The largest absolute Gasteiger partial charge is 0.359 e. The first kappa shape index (κ1) is 10.7. The van der Waals surface area contributed by atoms with E-state index in [0.29, 0.717) is 19.5 Å². The number of aromatic amines is 1. The van der Waals surface area contributed by atoms with Crippen LogP contribution in [0.2, 0.25) is 0 Å². The van der Waals surface area contributed by atoms with E-state index in [1.165, 1.54) is 0 Å². The molecule has 0 fully saturated rings. The van der Waals surface area contributed by atoms with Crippen molar-refractivity contribution in [3.63, 3.8) is 0 Å². The quantitative estimate of drug-likeness (QED) is 0.578. The Labute approximate surface area is 83.3 Å². The predicted octanol–water partition coefficient (Wildman–Crippen LogP) is -0.0562. The van der Waals surface area contributed by atoms with Gasteiger partial charge in [0.1, 0.15) is 0 Å². The van der Waals surface area contributed by atoms with Crippen LogP contribution in [0.3, 0.4) is 0 Å². The van der Waals surface area contributed by atoms with Crippen molar-refractivity contribution in [2.45, 2.75) is 19.9 Å². The van der Waals surface area contributed by atoms with Crippen molar-refractivity contribution < 1.29 is 4.79 Å². The molecule has 0 bridgehead atoms. The number of carbonyl (C=O) groups is 1. The number of hydrogen-bond acceptors (Lipinski definition) is 3. The van der Waals surface area contributed by atoms with Crippen molar-refractivity contribution in [3.8, 4) is 0 Å². The average molecular weight is 196 g/mol. The van der Waals surface area contributed by atoms with Crippen LogP contribution in [-0.2, 0) is 11.3 Å². The molecule has 3 N–H and O–H groups in total. The standard InChI is InChI=1S/C9H16N4O/c1-7-8(13-6-12-7)5-11-4-3-9(14)10-2/h6,11H,3-5H2,1-2H3,(H,10,14)(H,12,13). The van der Waals surface area contributed by atoms with Gasteiger partial charge in [-0.3, -0.25) is 4.79 Å². The van der Waals surface area contributed by atoms with Crippen LogP contribution in [0.15, 0.2) is 6.33 Å². The van der Waals surface area contributed by atoms with Gasteiger partial charge in [0.05, 0.1) is 12.0 Å². The summed E-state index contributed by atoms with van der Waals surface area (Å²) in [6, 6.07) is 0. The summed E-state index contributed by atoms with van der Waals surface area (Å²) in [5.74, 6) is 0.0521. The van der Waals surface area contributed by atoms with Crippen molar-refractivity contribution in [1.29, 1.82) is 0 Å². The zero-order valence-electron chi connectivity index (χ0n) is 8.55. The summed E-state index contributed by atoms with van der Waals surface area (Å²) in [6.45, 7) is 3.35. The molecule has 14 heavy (non-hydrogen) atoms. The Morgan fingerprint density at radius 1 is 1.64 bits per heavy atom. The highest BCUT2D eigenvalue weighted by Crippen LogP contribution is 1.98. The molecule has 0 aliphatic heterocycles. The second-order valence-corrected chi connectivity index (χ2v) is 3.07. The van der Waals surface area contributed by atoms with E-state index in [0.717, 1.165) is 11.4 Å². The van der Waals surface area contributed by atoms with Crippen LogP contribution in [0, 0.1) is 6.92 Å². The molecular weight excluding hydrogens is 180 g/mol. The summed E-state index contributed by atoms with van der Waals surface area (Å²) in [6.07, 6.45) is 2.17. The predicted molar refractivity (Wildman–Crippen MR) is 53.7 cm³/mol. The first-order valence-electron chi connectivity index (χ1n) is 4.64. The van der Waals surface area contributed by atoms with E-state index in [-0.39, 0.29) is 5.91 Å². The van der Waals surface area contributed by atoms with Crippen LogP contribution < -0.4 is 10.6 Å². The van der Waals surface area contributed by atoms with Crippen molar-refractivity contribution in [1.82, 2.24) is 20.6 Å². The number of aryl methyl sites for hydroxylation is 1. The number of imidazole rings is 1. The summed E-state index contributed by atoms with van der Waals surface area (Å²) in [5, 5.41) is 5.72. The third-order valence-electron chi connectivity index (χ3n) is 2.03. The maximum atomic E-state index is 10.9. The number of hydrogen-bond donors (Lipinski definition) is 3. The Morgan fingerprint density at radius 3 is 3.00 bits per heavy atom. The maximum Gasteiger partial charge on any atom is 0.221 e. The Bertz CT molecular complexity index is 295. The number of nitrogens with zero attached hydrogens (tertiary/aromatic N) is 1. The van der Waals surface area contributed by atoms with Crippen molar-refractivity contribution in [3.05, 3.63) is 17.7 Å². The molecule has 1 aromatic rings. The molecule has 0 saturated carbocycles. The van der Waals surface area contributed by atoms with Crippen LogP contribution in [0.25, 0.3) is 0 Å². The van der Waals surface area contributed by atoms with Crippen LogP contribution in [0.1, 0.15) is 17.8 Å². The van der Waals surface area contributed by atoms with Crippen LogP contribution in [0.4, 0.5) is 0 Å². The molecular formula is C9H16N4O. The molecule has 0 radical (unpaired) electrons. The topological polar surface area (TPSA) is 69.8 Å². The minimum Gasteiger partial charge on any atom is -0.359 e. The molecule has 1 heterocycles. The van der Waals surface area contributed by atoms with Crippen molar-refractivity contribution in [2.24, 2.45) is 0 Å². The van der Waals surface area contributed by atoms with Gasteiger partial charge in [-0.15, -0.1) is 0 Å². The third-order valence-corrected chi connectivity index (χ3v) is 2.03.